The fourth-order valence-corrected chi connectivity index (χ4v) is 5.08. The van der Waals surface area contributed by atoms with Gasteiger partial charge in [0.15, 0.2) is 0 Å². The molecule has 0 aliphatic heterocycles. The fourth-order valence-electron chi connectivity index (χ4n) is 4.26. The normalized spacial score (nSPS) is 12.8. The lowest BCUT2D eigenvalue weighted by atomic mass is 10.1. The summed E-state index contributed by atoms with van der Waals surface area (Å²) >= 11 is 1.27. The van der Waals surface area contributed by atoms with E-state index < -0.39 is 5.69 Å². The summed E-state index contributed by atoms with van der Waals surface area (Å²) in [5, 5.41) is 4.67. The Hall–Kier alpha value is -3.45. The third-order valence-electron chi connectivity index (χ3n) is 5.80. The van der Waals surface area contributed by atoms with Gasteiger partial charge in [-0.25, -0.2) is 9.36 Å². The van der Waals surface area contributed by atoms with E-state index in [1.54, 1.807) is 23.6 Å². The lowest BCUT2D eigenvalue weighted by Gasteiger charge is -2.14. The lowest BCUT2D eigenvalue weighted by molar-refractivity contribution is -0.116. The predicted octanol–water partition coefficient (Wildman–Crippen LogP) is 3.65. The van der Waals surface area contributed by atoms with E-state index in [1.807, 2.05) is 31.2 Å². The van der Waals surface area contributed by atoms with Gasteiger partial charge in [0.1, 0.15) is 11.2 Å². The van der Waals surface area contributed by atoms with Crippen molar-refractivity contribution in [3.05, 3.63) is 91.4 Å². The lowest BCUT2D eigenvalue weighted by Crippen LogP contribution is -2.40. The molecule has 2 aromatic carbocycles. The van der Waals surface area contributed by atoms with Crippen LogP contribution < -0.4 is 16.6 Å². The molecule has 156 valence electrons. The van der Waals surface area contributed by atoms with Crippen LogP contribution in [0, 0.1) is 6.92 Å². The Morgan fingerprint density at radius 2 is 1.87 bits per heavy atom. The minimum absolute atomic E-state index is 0.171. The summed E-state index contributed by atoms with van der Waals surface area (Å²) in [7, 11) is 0. The van der Waals surface area contributed by atoms with Gasteiger partial charge in [0.25, 0.3) is 5.56 Å². The van der Waals surface area contributed by atoms with E-state index in [-0.39, 0.29) is 18.0 Å². The van der Waals surface area contributed by atoms with E-state index in [0.29, 0.717) is 15.9 Å². The summed E-state index contributed by atoms with van der Waals surface area (Å²) < 4.78 is 2.99. The molecule has 0 fully saturated rings. The standard InChI is InChI=1S/C24H21N3O3S/c1-15-5-2-3-8-19(15)27-23(29)22-20(11-12-31-22)26(24(27)30)14-21(28)25-18-10-9-16-6-4-7-17(16)13-18/h2-3,5,8-13H,4,6-7,14H2,1H3,(H,25,28). The van der Waals surface area contributed by atoms with Crippen LogP contribution >= 0.6 is 11.3 Å². The number of rotatable bonds is 4. The van der Waals surface area contributed by atoms with Crippen molar-refractivity contribution < 1.29 is 4.79 Å². The molecule has 1 aliphatic rings. The Balaban J connectivity index is 1.55. The summed E-state index contributed by atoms with van der Waals surface area (Å²) in [6.45, 7) is 1.68. The molecule has 2 heterocycles. The molecule has 31 heavy (non-hydrogen) atoms. The molecule has 4 aromatic rings. The van der Waals surface area contributed by atoms with Crippen molar-refractivity contribution in [2.45, 2.75) is 32.7 Å². The van der Waals surface area contributed by atoms with E-state index in [9.17, 15) is 14.4 Å². The van der Waals surface area contributed by atoms with Crippen LogP contribution in [-0.2, 0) is 24.2 Å². The summed E-state index contributed by atoms with van der Waals surface area (Å²) in [5.74, 6) is -0.303. The monoisotopic (exact) mass is 431 g/mol. The largest absolute Gasteiger partial charge is 0.336 e. The molecule has 2 aromatic heterocycles. The molecule has 0 radical (unpaired) electrons. The molecule has 1 aliphatic carbocycles. The number of aromatic nitrogens is 2. The third-order valence-corrected chi connectivity index (χ3v) is 6.69. The van der Waals surface area contributed by atoms with E-state index in [1.165, 1.54) is 27.0 Å². The van der Waals surface area contributed by atoms with E-state index in [0.717, 1.165) is 35.1 Å². The number of para-hydroxylation sites is 1. The SMILES string of the molecule is Cc1ccccc1-n1c(=O)c2sccc2n(CC(=O)Nc2ccc3c(c2)CCC3)c1=O. The van der Waals surface area contributed by atoms with Crippen LogP contribution in [0.2, 0.25) is 0 Å². The second kappa shape index (κ2) is 7.67. The summed E-state index contributed by atoms with van der Waals surface area (Å²) in [4.78, 5) is 39.3. The van der Waals surface area contributed by atoms with Crippen LogP contribution in [0.25, 0.3) is 15.9 Å². The zero-order valence-electron chi connectivity index (χ0n) is 17.1. The van der Waals surface area contributed by atoms with Gasteiger partial charge < -0.3 is 5.32 Å². The number of aryl methyl sites for hydroxylation is 3. The Morgan fingerprint density at radius 3 is 2.71 bits per heavy atom. The van der Waals surface area contributed by atoms with Crippen molar-refractivity contribution in [1.29, 1.82) is 0 Å². The number of benzene rings is 2. The fraction of sp³-hybridized carbons (Fsp3) is 0.208. The predicted molar refractivity (Wildman–Crippen MR) is 124 cm³/mol. The van der Waals surface area contributed by atoms with Crippen LogP contribution in [0.15, 0.2) is 63.5 Å². The highest BCUT2D eigenvalue weighted by Crippen LogP contribution is 2.25. The average molecular weight is 432 g/mol. The number of nitrogens with zero attached hydrogens (tertiary/aromatic N) is 2. The van der Waals surface area contributed by atoms with Crippen LogP contribution in [0.3, 0.4) is 0 Å². The average Bonchev–Trinajstić information content (AvgIpc) is 3.42. The van der Waals surface area contributed by atoms with Gasteiger partial charge >= 0.3 is 5.69 Å². The van der Waals surface area contributed by atoms with Crippen LogP contribution in [0.1, 0.15) is 23.1 Å². The first-order chi connectivity index (χ1) is 15.0. The Kier molecular flexibility index (Phi) is 4.82. The quantitative estimate of drug-likeness (QED) is 0.536. The molecule has 1 N–H and O–H groups in total. The second-order valence-electron chi connectivity index (χ2n) is 7.82. The molecule has 6 nitrogen and oxygen atoms in total. The first-order valence-corrected chi connectivity index (χ1v) is 11.1. The molecule has 7 heteroatoms. The first-order valence-electron chi connectivity index (χ1n) is 10.2. The maximum atomic E-state index is 13.3. The molecule has 1 amide bonds. The van der Waals surface area contributed by atoms with Gasteiger partial charge in [-0.3, -0.25) is 14.2 Å². The van der Waals surface area contributed by atoms with Gasteiger partial charge in [0, 0.05) is 5.69 Å². The summed E-state index contributed by atoms with van der Waals surface area (Å²) in [6.07, 6.45) is 3.24. The van der Waals surface area contributed by atoms with Crippen molar-refractivity contribution >= 4 is 33.1 Å². The van der Waals surface area contributed by atoms with E-state index >= 15 is 0 Å². The molecular weight excluding hydrogens is 410 g/mol. The van der Waals surface area contributed by atoms with Crippen molar-refractivity contribution in [3.8, 4) is 5.69 Å². The van der Waals surface area contributed by atoms with Crippen LogP contribution in [0.4, 0.5) is 5.69 Å². The number of anilines is 1. The molecule has 5 rings (SSSR count). The molecule has 0 unspecified atom stereocenters. The zero-order chi connectivity index (χ0) is 21.5. The number of thiophene rings is 1. The van der Waals surface area contributed by atoms with Crippen molar-refractivity contribution in [3.63, 3.8) is 0 Å². The van der Waals surface area contributed by atoms with E-state index in [4.69, 9.17) is 0 Å². The maximum absolute atomic E-state index is 13.3. The molecule has 0 bridgehead atoms. The smallest absolute Gasteiger partial charge is 0.325 e. The van der Waals surface area contributed by atoms with E-state index in [2.05, 4.69) is 11.4 Å². The third kappa shape index (κ3) is 3.41. The Morgan fingerprint density at radius 1 is 1.06 bits per heavy atom. The van der Waals surface area contributed by atoms with Crippen LogP contribution in [-0.4, -0.2) is 15.0 Å². The number of carbonyl (C=O) groups excluding carboxylic acids is 1. The van der Waals surface area contributed by atoms with Gasteiger partial charge in [-0.1, -0.05) is 24.3 Å². The second-order valence-corrected chi connectivity index (χ2v) is 8.73. The number of fused-ring (bicyclic) bond motifs is 2. The maximum Gasteiger partial charge on any atom is 0.336 e. The molecule has 0 saturated heterocycles. The highest BCUT2D eigenvalue weighted by Gasteiger charge is 2.19. The van der Waals surface area contributed by atoms with Gasteiger partial charge in [-0.2, -0.15) is 0 Å². The minimum Gasteiger partial charge on any atom is -0.325 e. The number of hydrogen-bond donors (Lipinski definition) is 1. The van der Waals surface area contributed by atoms with Crippen molar-refractivity contribution in [2.75, 3.05) is 5.32 Å². The van der Waals surface area contributed by atoms with Gasteiger partial charge in [-0.15, -0.1) is 11.3 Å². The Bertz CT molecular complexity index is 1440. The summed E-state index contributed by atoms with van der Waals surface area (Å²) in [6, 6.07) is 14.9. The van der Waals surface area contributed by atoms with Gasteiger partial charge in [0.05, 0.1) is 11.2 Å². The van der Waals surface area contributed by atoms with Crippen LogP contribution in [0.5, 0.6) is 0 Å². The topological polar surface area (TPSA) is 73.1 Å². The number of carbonyl (C=O) groups is 1. The van der Waals surface area contributed by atoms with Crippen molar-refractivity contribution in [2.24, 2.45) is 0 Å². The van der Waals surface area contributed by atoms with Crippen molar-refractivity contribution in [1.82, 2.24) is 9.13 Å². The van der Waals surface area contributed by atoms with Gasteiger partial charge in [0.2, 0.25) is 5.91 Å². The first kappa shape index (κ1) is 19.5. The van der Waals surface area contributed by atoms with Gasteiger partial charge in [-0.05, 0) is 72.5 Å². The number of hydrogen-bond acceptors (Lipinski definition) is 4. The summed E-state index contributed by atoms with van der Waals surface area (Å²) in [5.41, 5.74) is 4.27. The number of nitrogens with one attached hydrogen (secondary N) is 1. The zero-order valence-corrected chi connectivity index (χ0v) is 17.9. The molecule has 0 saturated carbocycles. The molecule has 0 atom stereocenters. The highest BCUT2D eigenvalue weighted by molar-refractivity contribution is 7.17. The molecular formula is C24H21N3O3S. The molecule has 0 spiro atoms. The highest BCUT2D eigenvalue weighted by atomic mass is 32.1. The Labute approximate surface area is 182 Å². The minimum atomic E-state index is -0.519. The number of amides is 1.